The Bertz CT molecular complexity index is 2860. The standard InChI is InChI=1S/C38H39N3O15S3/c1-7-54-33(42)18-41(19-34(43)55-8-2)38(44)40-37-22(5)13-21(4)36(23(37)6)39-27-17-29-26(16-32(27)59(51,52)53)35(24-11-9-10-12-30(24)57(45,46)47)25-15-31(58(48,49)50)20(3)14-28(25)56-29/h9-17,39H,3,7-8,18-19H2,1-2,4-6H3,(H,40,44)(H,45,46,47)(H,48,49,50)(H,51,52,53). The molecular weight excluding hydrogens is 835 g/mol. The molecule has 1 aliphatic heterocycles. The molecule has 314 valence electrons. The van der Waals surface area contributed by atoms with Crippen molar-refractivity contribution in [3.05, 3.63) is 92.9 Å². The van der Waals surface area contributed by atoms with Crippen LogP contribution in [-0.2, 0) is 49.4 Å². The molecule has 0 bridgehead atoms. The Morgan fingerprint density at radius 2 is 1.27 bits per heavy atom. The summed E-state index contributed by atoms with van der Waals surface area (Å²) in [4.78, 5) is 37.0. The molecule has 0 unspecified atom stereocenters. The molecule has 1 heterocycles. The summed E-state index contributed by atoms with van der Waals surface area (Å²) in [7, 11) is -15.1. The SMILES string of the molecule is C=c1cc2c(cc1S(=O)(=O)O)=C(c1ccccc1S(=O)(=O)O)c1cc(S(=O)(=O)O)c(Nc3c(C)cc(C)c(NC(=O)N(CC(=O)OCC)CC(=O)OCC)c3C)cc1O2. The van der Waals surface area contributed by atoms with E-state index in [0.717, 1.165) is 29.2 Å². The van der Waals surface area contributed by atoms with Crippen LogP contribution in [0, 0.1) is 20.8 Å². The number of hydrogen-bond donors (Lipinski definition) is 5. The largest absolute Gasteiger partial charge is 0.465 e. The molecule has 4 aromatic rings. The van der Waals surface area contributed by atoms with E-state index in [0.29, 0.717) is 16.7 Å². The lowest BCUT2D eigenvalue weighted by Crippen LogP contribution is -2.43. The van der Waals surface area contributed by atoms with E-state index in [9.17, 15) is 53.3 Å². The topological polar surface area (TPSA) is 269 Å². The van der Waals surface area contributed by atoms with Crippen molar-refractivity contribution in [1.29, 1.82) is 0 Å². The molecule has 0 spiro atoms. The van der Waals surface area contributed by atoms with Gasteiger partial charge in [0.1, 0.15) is 39.3 Å². The Hall–Kier alpha value is -5.84. The third kappa shape index (κ3) is 9.56. The van der Waals surface area contributed by atoms with Gasteiger partial charge in [0.2, 0.25) is 0 Å². The van der Waals surface area contributed by atoms with Crippen LogP contribution in [-0.4, -0.2) is 88.1 Å². The quantitative estimate of drug-likeness (QED) is 0.0831. The lowest BCUT2D eigenvalue weighted by Gasteiger charge is -2.26. The van der Waals surface area contributed by atoms with Crippen molar-refractivity contribution in [3.8, 4) is 11.5 Å². The minimum atomic E-state index is -5.16. The molecule has 2 amide bonds. The third-order valence-electron chi connectivity index (χ3n) is 8.99. The van der Waals surface area contributed by atoms with Crippen molar-refractivity contribution in [1.82, 2.24) is 4.90 Å². The van der Waals surface area contributed by atoms with Gasteiger partial charge in [0, 0.05) is 33.7 Å². The number of esters is 2. The first-order valence-electron chi connectivity index (χ1n) is 17.5. The molecule has 1 aliphatic rings. The number of carbonyl (C=O) groups is 3. The summed E-state index contributed by atoms with van der Waals surface area (Å²) in [5.74, 6) is -1.82. The van der Waals surface area contributed by atoms with Gasteiger partial charge < -0.3 is 29.7 Å². The lowest BCUT2D eigenvalue weighted by molar-refractivity contribution is -0.146. The fourth-order valence-electron chi connectivity index (χ4n) is 6.54. The zero-order chi connectivity index (χ0) is 43.8. The fourth-order valence-corrected chi connectivity index (χ4v) is 8.55. The van der Waals surface area contributed by atoms with Crippen molar-refractivity contribution in [2.45, 2.75) is 49.3 Å². The molecule has 0 saturated carbocycles. The molecule has 5 rings (SSSR count). The van der Waals surface area contributed by atoms with E-state index in [1.165, 1.54) is 24.3 Å². The minimum absolute atomic E-state index is 0.0216. The van der Waals surface area contributed by atoms with E-state index in [1.807, 2.05) is 0 Å². The van der Waals surface area contributed by atoms with E-state index < -0.39 is 76.1 Å². The number of hydrogen-bond acceptors (Lipinski definition) is 13. The van der Waals surface area contributed by atoms with Gasteiger partial charge in [0.25, 0.3) is 30.4 Å². The number of urea groups is 1. The van der Waals surface area contributed by atoms with Crippen molar-refractivity contribution in [2.24, 2.45) is 0 Å². The Morgan fingerprint density at radius 1 is 0.712 bits per heavy atom. The fraction of sp³-hybridized carbons (Fsp3) is 0.237. The Morgan fingerprint density at radius 3 is 1.83 bits per heavy atom. The predicted molar refractivity (Wildman–Crippen MR) is 213 cm³/mol. The number of nitrogens with zero attached hydrogens (tertiary/aromatic N) is 1. The van der Waals surface area contributed by atoms with E-state index >= 15 is 0 Å². The summed E-state index contributed by atoms with van der Waals surface area (Å²) in [5.41, 5.74) is 0.953. The van der Waals surface area contributed by atoms with Crippen LogP contribution in [0.3, 0.4) is 0 Å². The Labute approximate surface area is 339 Å². The number of rotatable bonds is 13. The number of fused-ring (bicyclic) bond motifs is 2. The van der Waals surface area contributed by atoms with Gasteiger partial charge in [-0.15, -0.1) is 0 Å². The maximum absolute atomic E-state index is 13.6. The van der Waals surface area contributed by atoms with Crippen molar-refractivity contribution in [3.63, 3.8) is 0 Å². The second kappa shape index (κ2) is 16.8. The molecule has 0 saturated heterocycles. The van der Waals surface area contributed by atoms with Gasteiger partial charge in [-0.2, -0.15) is 25.3 Å². The zero-order valence-corrected chi connectivity index (χ0v) is 34.6. The highest BCUT2D eigenvalue weighted by Crippen LogP contribution is 2.44. The lowest BCUT2D eigenvalue weighted by atomic mass is 9.92. The molecule has 5 N–H and O–H groups in total. The average Bonchev–Trinajstić information content (AvgIpc) is 3.12. The number of anilines is 3. The molecular formula is C38H39N3O15S3. The van der Waals surface area contributed by atoms with Crippen LogP contribution in [0.4, 0.5) is 21.9 Å². The third-order valence-corrected chi connectivity index (χ3v) is 11.7. The second-order valence-electron chi connectivity index (χ2n) is 13.1. The van der Waals surface area contributed by atoms with Gasteiger partial charge in [0.05, 0.1) is 24.6 Å². The van der Waals surface area contributed by atoms with Crippen molar-refractivity contribution in [2.75, 3.05) is 36.9 Å². The van der Waals surface area contributed by atoms with E-state index in [2.05, 4.69) is 17.2 Å². The van der Waals surface area contributed by atoms with Crippen LogP contribution in [0.2, 0.25) is 0 Å². The Balaban J connectivity index is 1.71. The van der Waals surface area contributed by atoms with Crippen LogP contribution in [0.5, 0.6) is 11.5 Å². The normalized spacial score (nSPS) is 12.4. The number of nitrogens with one attached hydrogen (secondary N) is 2. The first-order chi connectivity index (χ1) is 27.5. The summed E-state index contributed by atoms with van der Waals surface area (Å²) in [5, 5.41) is 5.31. The summed E-state index contributed by atoms with van der Waals surface area (Å²) in [6, 6.07) is 10.0. The molecule has 4 aromatic carbocycles. The monoisotopic (exact) mass is 873 g/mol. The molecule has 0 fully saturated rings. The number of amides is 2. The highest BCUT2D eigenvalue weighted by molar-refractivity contribution is 7.86. The molecule has 0 radical (unpaired) electrons. The van der Waals surface area contributed by atoms with Crippen molar-refractivity contribution >= 4 is 77.5 Å². The van der Waals surface area contributed by atoms with Gasteiger partial charge in [0.15, 0.2) is 0 Å². The van der Waals surface area contributed by atoms with Gasteiger partial charge in [-0.1, -0.05) is 30.8 Å². The second-order valence-corrected chi connectivity index (χ2v) is 17.3. The average molecular weight is 874 g/mol. The number of benzene rings is 4. The zero-order valence-electron chi connectivity index (χ0n) is 32.1. The Kier molecular flexibility index (Phi) is 12.6. The number of aryl methyl sites for hydroxylation is 2. The highest BCUT2D eigenvalue weighted by atomic mass is 32.2. The van der Waals surface area contributed by atoms with Crippen molar-refractivity contribution < 1.29 is 67.5 Å². The molecule has 0 aromatic heterocycles. The summed E-state index contributed by atoms with van der Waals surface area (Å²) in [6.45, 7) is 10.6. The van der Waals surface area contributed by atoms with Gasteiger partial charge >= 0.3 is 18.0 Å². The summed E-state index contributed by atoms with van der Waals surface area (Å²) in [6.07, 6.45) is 0. The predicted octanol–water partition coefficient (Wildman–Crippen LogP) is 3.82. The van der Waals surface area contributed by atoms with E-state index in [1.54, 1.807) is 40.7 Å². The number of ether oxygens (including phenoxy) is 3. The van der Waals surface area contributed by atoms with Gasteiger partial charge in [-0.3, -0.25) is 23.2 Å². The van der Waals surface area contributed by atoms with E-state index in [4.69, 9.17) is 14.2 Å². The van der Waals surface area contributed by atoms with Crippen LogP contribution in [0.1, 0.15) is 41.7 Å². The highest BCUT2D eigenvalue weighted by Gasteiger charge is 2.31. The molecule has 18 nitrogen and oxygen atoms in total. The first-order valence-corrected chi connectivity index (χ1v) is 21.8. The molecule has 59 heavy (non-hydrogen) atoms. The summed E-state index contributed by atoms with van der Waals surface area (Å²) >= 11 is 0. The molecule has 21 heteroatoms. The maximum atomic E-state index is 13.6. The smallest absolute Gasteiger partial charge is 0.325 e. The van der Waals surface area contributed by atoms with Crippen LogP contribution >= 0.6 is 0 Å². The molecule has 0 atom stereocenters. The number of carbonyl (C=O) groups excluding carboxylic acids is 3. The maximum Gasteiger partial charge on any atom is 0.325 e. The first kappa shape index (κ1) is 44.3. The van der Waals surface area contributed by atoms with Crippen LogP contribution in [0.25, 0.3) is 12.2 Å². The molecule has 0 aliphatic carbocycles. The van der Waals surface area contributed by atoms with Crippen LogP contribution in [0.15, 0.2) is 69.3 Å². The van der Waals surface area contributed by atoms with E-state index in [-0.39, 0.29) is 68.9 Å². The minimum Gasteiger partial charge on any atom is -0.465 e. The van der Waals surface area contributed by atoms with Crippen LogP contribution < -0.4 is 25.8 Å². The summed E-state index contributed by atoms with van der Waals surface area (Å²) < 4.78 is 123. The van der Waals surface area contributed by atoms with Gasteiger partial charge in [-0.05, 0) is 80.8 Å². The van der Waals surface area contributed by atoms with Gasteiger partial charge in [-0.25, -0.2) is 4.79 Å².